The lowest BCUT2D eigenvalue weighted by Gasteiger charge is -1.78. The number of alkyl halides is 1. The van der Waals surface area contributed by atoms with Crippen molar-refractivity contribution in [1.82, 2.24) is 0 Å². The second-order valence-electron chi connectivity index (χ2n) is 1.39. The van der Waals surface area contributed by atoms with Crippen molar-refractivity contribution >= 4 is 6.21 Å². The van der Waals surface area contributed by atoms with Gasteiger partial charge >= 0.3 is 0 Å². The summed E-state index contributed by atoms with van der Waals surface area (Å²) in [5.74, 6) is 2.37. The van der Waals surface area contributed by atoms with Crippen LogP contribution in [0.1, 0.15) is 6.92 Å². The SMILES string of the molecule is C#CC(=C)/C=C\N=CC.CF. The van der Waals surface area contributed by atoms with Crippen molar-refractivity contribution in [1.29, 1.82) is 0 Å². The molecule has 0 unspecified atom stereocenters. The molecule has 2 heteroatoms. The summed E-state index contributed by atoms with van der Waals surface area (Å²) < 4.78 is 9.50. The van der Waals surface area contributed by atoms with Gasteiger partial charge in [-0.25, -0.2) is 0 Å². The van der Waals surface area contributed by atoms with Crippen molar-refractivity contribution in [3.63, 3.8) is 0 Å². The van der Waals surface area contributed by atoms with E-state index in [0.717, 1.165) is 0 Å². The van der Waals surface area contributed by atoms with Crippen molar-refractivity contribution in [3.8, 4) is 12.3 Å². The van der Waals surface area contributed by atoms with E-state index in [4.69, 9.17) is 6.42 Å². The van der Waals surface area contributed by atoms with Crippen LogP contribution in [0.25, 0.3) is 0 Å². The molecule has 0 fully saturated rings. The van der Waals surface area contributed by atoms with Crippen LogP contribution >= 0.6 is 0 Å². The first-order valence-corrected chi connectivity index (χ1v) is 2.99. The van der Waals surface area contributed by atoms with Crippen molar-refractivity contribution in [2.24, 2.45) is 4.99 Å². The van der Waals surface area contributed by atoms with Crippen molar-refractivity contribution in [3.05, 3.63) is 24.4 Å². The number of aliphatic imine (C=N–C) groups is 1. The Morgan fingerprint density at radius 2 is 2.18 bits per heavy atom. The Morgan fingerprint density at radius 1 is 1.64 bits per heavy atom. The number of hydrogen-bond acceptors (Lipinski definition) is 1. The van der Waals surface area contributed by atoms with E-state index in [9.17, 15) is 4.39 Å². The van der Waals surface area contributed by atoms with Crippen LogP contribution in [0.15, 0.2) is 29.4 Å². The zero-order valence-corrected chi connectivity index (χ0v) is 6.84. The van der Waals surface area contributed by atoms with E-state index >= 15 is 0 Å². The summed E-state index contributed by atoms with van der Waals surface area (Å²) in [6, 6.07) is 0. The van der Waals surface area contributed by atoms with Gasteiger partial charge in [-0.3, -0.25) is 9.38 Å². The average molecular weight is 153 g/mol. The lowest BCUT2D eigenvalue weighted by molar-refractivity contribution is 0.636. The number of rotatable bonds is 2. The second kappa shape index (κ2) is 11.4. The predicted molar refractivity (Wildman–Crippen MR) is 48.3 cm³/mol. The van der Waals surface area contributed by atoms with E-state index in [1.165, 1.54) is 0 Å². The van der Waals surface area contributed by atoms with Gasteiger partial charge < -0.3 is 0 Å². The van der Waals surface area contributed by atoms with Crippen molar-refractivity contribution < 1.29 is 4.39 Å². The summed E-state index contributed by atoms with van der Waals surface area (Å²) in [6.07, 6.45) is 9.98. The Bertz CT molecular complexity index is 184. The van der Waals surface area contributed by atoms with Crippen LogP contribution in [0.5, 0.6) is 0 Å². The topological polar surface area (TPSA) is 12.4 Å². The zero-order valence-electron chi connectivity index (χ0n) is 6.84. The summed E-state index contributed by atoms with van der Waals surface area (Å²) in [7, 11) is 0.500. The van der Waals surface area contributed by atoms with Gasteiger partial charge in [-0.1, -0.05) is 12.5 Å². The van der Waals surface area contributed by atoms with Crippen LogP contribution < -0.4 is 0 Å². The standard InChI is InChI=1S/C8H9N.CH3F/c1-4-8(3)6-7-9-5-2;1-2/h1,5-7H,3H2,2H3;1H3/b7-6-,9-5?;. The maximum atomic E-state index is 9.50. The third-order valence-electron chi connectivity index (χ3n) is 0.696. The van der Waals surface area contributed by atoms with Crippen LogP contribution in [0, 0.1) is 12.3 Å². The van der Waals surface area contributed by atoms with E-state index in [2.05, 4.69) is 17.5 Å². The Kier molecular flexibility index (Phi) is 12.8. The van der Waals surface area contributed by atoms with Gasteiger partial charge in [0.1, 0.15) is 0 Å². The van der Waals surface area contributed by atoms with Gasteiger partial charge in [-0.05, 0) is 13.0 Å². The Hall–Kier alpha value is -1.36. The van der Waals surface area contributed by atoms with Crippen molar-refractivity contribution in [2.45, 2.75) is 6.92 Å². The van der Waals surface area contributed by atoms with E-state index in [0.29, 0.717) is 12.8 Å². The smallest absolute Gasteiger partial charge is 0.0785 e. The summed E-state index contributed by atoms with van der Waals surface area (Å²) in [6.45, 7) is 5.38. The quantitative estimate of drug-likeness (QED) is 0.328. The molecule has 1 nitrogen and oxygen atoms in total. The normalized spacial score (nSPS) is 8.91. The van der Waals surface area contributed by atoms with Crippen LogP contribution in [-0.2, 0) is 0 Å². The molecule has 0 N–H and O–H groups in total. The molecule has 0 saturated heterocycles. The molecule has 0 aromatic rings. The summed E-state index contributed by atoms with van der Waals surface area (Å²) in [4.78, 5) is 3.80. The fraction of sp³-hybridized carbons (Fsp3) is 0.222. The molecule has 0 amide bonds. The van der Waals surface area contributed by atoms with Gasteiger partial charge in [0, 0.05) is 18.0 Å². The molecule has 0 aliphatic heterocycles. The lowest BCUT2D eigenvalue weighted by Crippen LogP contribution is -1.63. The number of nitrogens with zero attached hydrogens (tertiary/aromatic N) is 1. The molecule has 0 radical (unpaired) electrons. The monoisotopic (exact) mass is 153 g/mol. The number of terminal acetylenes is 1. The molecule has 0 aliphatic rings. The molecule has 0 bridgehead atoms. The van der Waals surface area contributed by atoms with Crippen LogP contribution in [0.4, 0.5) is 4.39 Å². The molecule has 0 saturated carbocycles. The Labute approximate surface area is 67.3 Å². The number of hydrogen-bond donors (Lipinski definition) is 0. The fourth-order valence-corrected chi connectivity index (χ4v) is 0.267. The highest BCUT2D eigenvalue weighted by molar-refractivity contribution is 5.54. The van der Waals surface area contributed by atoms with Gasteiger partial charge in [0.05, 0.1) is 7.18 Å². The fourth-order valence-electron chi connectivity index (χ4n) is 0.267. The molecule has 0 atom stereocenters. The molecule has 0 aromatic carbocycles. The first-order chi connectivity index (χ1) is 5.31. The molecule has 0 aromatic heterocycles. The second-order valence-corrected chi connectivity index (χ2v) is 1.39. The van der Waals surface area contributed by atoms with Crippen LogP contribution in [-0.4, -0.2) is 13.4 Å². The maximum absolute atomic E-state index is 9.50. The molecule has 0 aliphatic carbocycles. The van der Waals surface area contributed by atoms with Crippen molar-refractivity contribution in [2.75, 3.05) is 7.18 Å². The number of allylic oxidation sites excluding steroid dienone is 2. The molecule has 0 heterocycles. The first-order valence-electron chi connectivity index (χ1n) is 2.99. The third kappa shape index (κ3) is 12.0. The average Bonchev–Trinajstić information content (AvgIpc) is 2.08. The number of halogens is 1. The molecular formula is C9H12FN. The highest BCUT2D eigenvalue weighted by Gasteiger charge is 1.72. The maximum Gasteiger partial charge on any atom is 0.0785 e. The zero-order chi connectivity index (χ0) is 9.11. The molecular weight excluding hydrogens is 141 g/mol. The molecule has 0 spiro atoms. The van der Waals surface area contributed by atoms with E-state index in [-0.39, 0.29) is 0 Å². The Morgan fingerprint density at radius 3 is 2.55 bits per heavy atom. The summed E-state index contributed by atoms with van der Waals surface area (Å²) in [5, 5.41) is 0. The highest BCUT2D eigenvalue weighted by atomic mass is 19.1. The van der Waals surface area contributed by atoms with Gasteiger partial charge in [0.25, 0.3) is 0 Å². The van der Waals surface area contributed by atoms with Crippen LogP contribution in [0.3, 0.4) is 0 Å². The van der Waals surface area contributed by atoms with Gasteiger partial charge in [-0.2, -0.15) is 0 Å². The predicted octanol–water partition coefficient (Wildman–Crippen LogP) is 2.37. The van der Waals surface area contributed by atoms with Gasteiger partial charge in [-0.15, -0.1) is 6.42 Å². The van der Waals surface area contributed by atoms with E-state index in [1.807, 2.05) is 6.92 Å². The third-order valence-corrected chi connectivity index (χ3v) is 0.696. The van der Waals surface area contributed by atoms with Gasteiger partial charge in [0.15, 0.2) is 0 Å². The largest absolute Gasteiger partial charge is 0.269 e. The lowest BCUT2D eigenvalue weighted by atomic mass is 10.3. The van der Waals surface area contributed by atoms with E-state index in [1.54, 1.807) is 18.5 Å². The molecule has 11 heavy (non-hydrogen) atoms. The minimum Gasteiger partial charge on any atom is -0.269 e. The van der Waals surface area contributed by atoms with Crippen LogP contribution in [0.2, 0.25) is 0 Å². The molecule has 60 valence electrons. The summed E-state index contributed by atoms with van der Waals surface area (Å²) in [5.41, 5.74) is 0.639. The summed E-state index contributed by atoms with van der Waals surface area (Å²) >= 11 is 0. The minimum absolute atomic E-state index is 0.500. The minimum atomic E-state index is 0.500. The van der Waals surface area contributed by atoms with Gasteiger partial charge in [0.2, 0.25) is 0 Å². The first kappa shape index (κ1) is 12.3. The van der Waals surface area contributed by atoms with E-state index < -0.39 is 0 Å². The molecule has 0 rings (SSSR count). The Balaban J connectivity index is 0. The highest BCUT2D eigenvalue weighted by Crippen LogP contribution is 1.87.